The average molecular weight is 413 g/mol. The van der Waals surface area contributed by atoms with Crippen LogP contribution in [0.3, 0.4) is 0 Å². The highest BCUT2D eigenvalue weighted by Gasteiger charge is 2.33. The molecule has 1 amide bonds. The maximum Gasteiger partial charge on any atom is 0.242 e. The fraction of sp³-hybridized carbons (Fsp3) is 0.458. The quantitative estimate of drug-likeness (QED) is 0.560. The van der Waals surface area contributed by atoms with E-state index in [1.54, 1.807) is 23.4 Å². The summed E-state index contributed by atoms with van der Waals surface area (Å²) in [5, 5.41) is 0. The van der Waals surface area contributed by atoms with Gasteiger partial charge in [0.15, 0.2) is 5.78 Å². The number of alkyl halides is 1. The number of hydrogen-bond acceptors (Lipinski definition) is 3. The van der Waals surface area contributed by atoms with Gasteiger partial charge in [-0.25, -0.2) is 0 Å². The van der Waals surface area contributed by atoms with Crippen LogP contribution >= 0.6 is 11.6 Å². The molecule has 1 atom stereocenters. The largest absolute Gasteiger partial charge is 0.297 e. The van der Waals surface area contributed by atoms with E-state index in [0.717, 1.165) is 29.5 Å². The zero-order valence-electron chi connectivity index (χ0n) is 17.2. The van der Waals surface area contributed by atoms with Crippen LogP contribution in [0.25, 0.3) is 0 Å². The molecular formula is C24H29ClN2O2. The number of carbonyl (C=O) groups is 2. The third kappa shape index (κ3) is 5.24. The SMILES string of the molecule is Cc1ccc(N(C(=O)CCl)C(C(=O)CC2CCCCC2)c2cccnc2)cc1C. The first-order valence-corrected chi connectivity index (χ1v) is 10.9. The molecule has 1 heterocycles. The smallest absolute Gasteiger partial charge is 0.242 e. The Bertz CT molecular complexity index is 847. The minimum absolute atomic E-state index is 0.0570. The molecular weight excluding hydrogens is 384 g/mol. The van der Waals surface area contributed by atoms with Gasteiger partial charge >= 0.3 is 0 Å². The summed E-state index contributed by atoms with van der Waals surface area (Å²) in [7, 11) is 0. The molecule has 1 unspecified atom stereocenters. The molecule has 0 N–H and O–H groups in total. The van der Waals surface area contributed by atoms with Crippen molar-refractivity contribution < 1.29 is 9.59 Å². The molecule has 1 aromatic carbocycles. The molecule has 3 rings (SSSR count). The molecule has 0 spiro atoms. The van der Waals surface area contributed by atoms with Crippen LogP contribution in [-0.2, 0) is 9.59 Å². The number of hydrogen-bond donors (Lipinski definition) is 0. The van der Waals surface area contributed by atoms with Crippen LogP contribution < -0.4 is 4.90 Å². The Labute approximate surface area is 178 Å². The highest BCUT2D eigenvalue weighted by molar-refractivity contribution is 6.29. The number of ketones is 1. The zero-order chi connectivity index (χ0) is 20.8. The number of aromatic nitrogens is 1. The third-order valence-electron chi connectivity index (χ3n) is 5.93. The van der Waals surface area contributed by atoms with Gasteiger partial charge in [-0.2, -0.15) is 0 Å². The molecule has 0 aliphatic heterocycles. The number of amides is 1. The summed E-state index contributed by atoms with van der Waals surface area (Å²) in [4.78, 5) is 32.3. The summed E-state index contributed by atoms with van der Waals surface area (Å²) in [6.07, 6.45) is 9.60. The van der Waals surface area contributed by atoms with Gasteiger partial charge in [-0.1, -0.05) is 44.2 Å². The number of benzene rings is 1. The Morgan fingerprint density at radius 3 is 2.52 bits per heavy atom. The number of carbonyl (C=O) groups excluding carboxylic acids is 2. The van der Waals surface area contributed by atoms with Crippen molar-refractivity contribution in [2.75, 3.05) is 10.8 Å². The predicted octanol–water partition coefficient (Wildman–Crippen LogP) is 5.55. The van der Waals surface area contributed by atoms with Gasteiger partial charge in [0.1, 0.15) is 11.9 Å². The molecule has 1 aromatic heterocycles. The molecule has 2 aromatic rings. The normalized spacial score (nSPS) is 15.7. The van der Waals surface area contributed by atoms with Gasteiger partial charge in [0, 0.05) is 30.1 Å². The van der Waals surface area contributed by atoms with Crippen molar-refractivity contribution >= 4 is 29.0 Å². The van der Waals surface area contributed by atoms with Crippen LogP contribution in [0.1, 0.15) is 61.3 Å². The lowest BCUT2D eigenvalue weighted by Crippen LogP contribution is -2.40. The number of rotatable bonds is 7. The second-order valence-corrected chi connectivity index (χ2v) is 8.30. The molecule has 4 nitrogen and oxygen atoms in total. The van der Waals surface area contributed by atoms with Gasteiger partial charge in [-0.05, 0) is 49.1 Å². The lowest BCUT2D eigenvalue weighted by molar-refractivity contribution is -0.125. The van der Waals surface area contributed by atoms with Gasteiger partial charge in [0.2, 0.25) is 5.91 Å². The minimum Gasteiger partial charge on any atom is -0.297 e. The molecule has 29 heavy (non-hydrogen) atoms. The maximum atomic E-state index is 13.5. The van der Waals surface area contributed by atoms with E-state index < -0.39 is 6.04 Å². The molecule has 1 saturated carbocycles. The van der Waals surface area contributed by atoms with Crippen molar-refractivity contribution in [2.24, 2.45) is 5.92 Å². The van der Waals surface area contributed by atoms with Crippen LogP contribution in [0.5, 0.6) is 0 Å². The molecule has 1 aliphatic carbocycles. The van der Waals surface area contributed by atoms with Crippen molar-refractivity contribution in [2.45, 2.75) is 58.4 Å². The number of pyridine rings is 1. The maximum absolute atomic E-state index is 13.5. The average Bonchev–Trinajstić information content (AvgIpc) is 2.74. The van der Waals surface area contributed by atoms with Crippen molar-refractivity contribution in [3.8, 4) is 0 Å². The zero-order valence-corrected chi connectivity index (χ0v) is 18.0. The Kier molecular flexibility index (Phi) is 7.43. The number of anilines is 1. The summed E-state index contributed by atoms with van der Waals surface area (Å²) < 4.78 is 0. The first-order valence-electron chi connectivity index (χ1n) is 10.4. The summed E-state index contributed by atoms with van der Waals surface area (Å²) in [5.41, 5.74) is 3.63. The number of nitrogens with zero attached hydrogens (tertiary/aromatic N) is 2. The van der Waals surface area contributed by atoms with E-state index in [4.69, 9.17) is 11.6 Å². The van der Waals surface area contributed by atoms with Crippen molar-refractivity contribution in [3.63, 3.8) is 0 Å². The van der Waals surface area contributed by atoms with E-state index in [0.29, 0.717) is 18.0 Å². The monoisotopic (exact) mass is 412 g/mol. The number of Topliss-reactive ketones (excluding diaryl/α,β-unsaturated/α-hetero) is 1. The van der Waals surface area contributed by atoms with Crippen LogP contribution in [0.2, 0.25) is 0 Å². The standard InChI is InChI=1S/C24H29ClN2O2/c1-17-10-11-21(13-18(17)2)27(23(29)15-25)24(20-9-6-12-26-16-20)22(28)14-19-7-4-3-5-8-19/h6,9-13,16,19,24H,3-5,7-8,14-15H2,1-2H3. The molecule has 0 radical (unpaired) electrons. The Morgan fingerprint density at radius 2 is 1.90 bits per heavy atom. The second kappa shape index (κ2) is 10.0. The van der Waals surface area contributed by atoms with Crippen LogP contribution in [-0.4, -0.2) is 22.6 Å². The van der Waals surface area contributed by atoms with Crippen molar-refractivity contribution in [3.05, 3.63) is 59.4 Å². The van der Waals surface area contributed by atoms with Crippen molar-refractivity contribution in [1.29, 1.82) is 0 Å². The van der Waals surface area contributed by atoms with Crippen LogP contribution in [0.15, 0.2) is 42.7 Å². The van der Waals surface area contributed by atoms with Crippen LogP contribution in [0, 0.1) is 19.8 Å². The number of halogens is 1. The van der Waals surface area contributed by atoms with Gasteiger partial charge in [-0.15, -0.1) is 11.6 Å². The molecule has 0 saturated heterocycles. The summed E-state index contributed by atoms with van der Waals surface area (Å²) in [5.74, 6) is -0.00841. The Morgan fingerprint density at radius 1 is 1.14 bits per heavy atom. The third-order valence-corrected chi connectivity index (χ3v) is 6.16. The van der Waals surface area contributed by atoms with Gasteiger partial charge in [-0.3, -0.25) is 19.5 Å². The van der Waals surface area contributed by atoms with Gasteiger partial charge < -0.3 is 0 Å². The Balaban J connectivity index is 2.01. The van der Waals surface area contributed by atoms with Gasteiger partial charge in [0.25, 0.3) is 0 Å². The lowest BCUT2D eigenvalue weighted by atomic mass is 9.83. The molecule has 5 heteroatoms. The van der Waals surface area contributed by atoms with E-state index in [-0.39, 0.29) is 17.6 Å². The second-order valence-electron chi connectivity index (χ2n) is 8.03. The van der Waals surface area contributed by atoms with E-state index in [9.17, 15) is 9.59 Å². The van der Waals surface area contributed by atoms with Crippen LogP contribution in [0.4, 0.5) is 5.69 Å². The van der Waals surface area contributed by atoms with E-state index in [1.807, 2.05) is 38.1 Å². The molecule has 154 valence electrons. The van der Waals surface area contributed by atoms with Crippen molar-refractivity contribution in [1.82, 2.24) is 4.98 Å². The topological polar surface area (TPSA) is 50.3 Å². The highest BCUT2D eigenvalue weighted by Crippen LogP contribution is 2.34. The van der Waals surface area contributed by atoms with Gasteiger partial charge in [0.05, 0.1) is 0 Å². The minimum atomic E-state index is -0.709. The summed E-state index contributed by atoms with van der Waals surface area (Å²) in [6.45, 7) is 4.03. The fourth-order valence-electron chi connectivity index (χ4n) is 4.18. The predicted molar refractivity (Wildman–Crippen MR) is 117 cm³/mol. The fourth-order valence-corrected chi connectivity index (χ4v) is 4.31. The highest BCUT2D eigenvalue weighted by atomic mass is 35.5. The molecule has 0 bridgehead atoms. The Hall–Kier alpha value is -2.20. The lowest BCUT2D eigenvalue weighted by Gasteiger charge is -2.32. The first-order chi connectivity index (χ1) is 14.0. The van der Waals surface area contributed by atoms with E-state index in [2.05, 4.69) is 4.98 Å². The molecule has 1 fully saturated rings. The number of aryl methyl sites for hydroxylation is 2. The first kappa shape index (κ1) is 21.5. The molecule has 1 aliphatic rings. The van der Waals surface area contributed by atoms with E-state index in [1.165, 1.54) is 19.3 Å². The van der Waals surface area contributed by atoms with E-state index >= 15 is 0 Å². The summed E-state index contributed by atoms with van der Waals surface area (Å²) >= 11 is 5.98. The summed E-state index contributed by atoms with van der Waals surface area (Å²) in [6, 6.07) is 8.79.